The van der Waals surface area contributed by atoms with E-state index in [1.807, 2.05) is 4.90 Å². The highest BCUT2D eigenvalue weighted by Gasteiger charge is 2.30. The lowest BCUT2D eigenvalue weighted by atomic mass is 10.2. The molecule has 0 spiro atoms. The molecule has 0 amide bonds. The molecular formula is C12H16N2O5S. The molecule has 2 heterocycles. The number of hydrogen-bond donors (Lipinski definition) is 1. The SMILES string of the molecule is COC(=O)c1sc(N2CCOCC2)c(C(=O)OC)c1N. The molecule has 1 aliphatic rings. The molecule has 0 aliphatic carbocycles. The van der Waals surface area contributed by atoms with Gasteiger partial charge in [0.1, 0.15) is 15.4 Å². The maximum Gasteiger partial charge on any atom is 0.350 e. The summed E-state index contributed by atoms with van der Waals surface area (Å²) >= 11 is 1.14. The van der Waals surface area contributed by atoms with Crippen molar-refractivity contribution in [1.29, 1.82) is 0 Å². The molecule has 0 radical (unpaired) electrons. The minimum absolute atomic E-state index is 0.107. The van der Waals surface area contributed by atoms with Gasteiger partial charge in [0.25, 0.3) is 0 Å². The Morgan fingerprint density at radius 2 is 1.80 bits per heavy atom. The summed E-state index contributed by atoms with van der Waals surface area (Å²) in [7, 11) is 2.55. The molecule has 2 N–H and O–H groups in total. The second-order valence-electron chi connectivity index (χ2n) is 4.11. The van der Waals surface area contributed by atoms with Crippen LogP contribution in [0, 0.1) is 0 Å². The van der Waals surface area contributed by atoms with Crippen molar-refractivity contribution in [1.82, 2.24) is 0 Å². The monoisotopic (exact) mass is 300 g/mol. The summed E-state index contributed by atoms with van der Waals surface area (Å²) in [4.78, 5) is 25.8. The third kappa shape index (κ3) is 2.56. The van der Waals surface area contributed by atoms with E-state index in [-0.39, 0.29) is 16.1 Å². The minimum atomic E-state index is -0.560. The number of thiophene rings is 1. The first-order valence-corrected chi connectivity index (χ1v) is 6.83. The molecule has 0 atom stereocenters. The lowest BCUT2D eigenvalue weighted by Crippen LogP contribution is -2.36. The van der Waals surface area contributed by atoms with Gasteiger partial charge in [0.05, 0.1) is 33.1 Å². The number of carbonyl (C=O) groups excluding carboxylic acids is 2. The van der Waals surface area contributed by atoms with Crippen molar-refractivity contribution in [3.05, 3.63) is 10.4 Å². The quantitative estimate of drug-likeness (QED) is 0.823. The molecule has 1 aliphatic heterocycles. The standard InChI is InChI=1S/C12H16N2O5S/c1-17-11(15)7-8(13)9(12(16)18-2)20-10(7)14-3-5-19-6-4-14/h3-6,13H2,1-2H3. The number of carbonyl (C=O) groups is 2. The number of nitrogen functional groups attached to an aromatic ring is 1. The van der Waals surface area contributed by atoms with Crippen LogP contribution in [0.5, 0.6) is 0 Å². The van der Waals surface area contributed by atoms with Gasteiger partial charge in [-0.15, -0.1) is 11.3 Å². The van der Waals surface area contributed by atoms with E-state index in [0.29, 0.717) is 31.3 Å². The molecule has 1 aromatic heterocycles. The molecule has 1 fully saturated rings. The van der Waals surface area contributed by atoms with Crippen LogP contribution in [0.1, 0.15) is 20.0 Å². The Morgan fingerprint density at radius 1 is 1.20 bits per heavy atom. The van der Waals surface area contributed by atoms with Gasteiger partial charge in [-0.1, -0.05) is 0 Å². The van der Waals surface area contributed by atoms with Crippen molar-refractivity contribution in [2.75, 3.05) is 51.2 Å². The van der Waals surface area contributed by atoms with E-state index >= 15 is 0 Å². The van der Waals surface area contributed by atoms with Crippen LogP contribution in [0.25, 0.3) is 0 Å². The molecular weight excluding hydrogens is 284 g/mol. The maximum atomic E-state index is 11.9. The fourth-order valence-electron chi connectivity index (χ4n) is 1.96. The highest BCUT2D eigenvalue weighted by Crippen LogP contribution is 2.39. The van der Waals surface area contributed by atoms with Crippen LogP contribution in [-0.4, -0.2) is 52.5 Å². The van der Waals surface area contributed by atoms with Crippen molar-refractivity contribution >= 4 is 34.0 Å². The minimum Gasteiger partial charge on any atom is -0.465 e. The van der Waals surface area contributed by atoms with Crippen molar-refractivity contribution in [2.45, 2.75) is 0 Å². The van der Waals surface area contributed by atoms with E-state index in [2.05, 4.69) is 4.74 Å². The average molecular weight is 300 g/mol. The normalized spacial score (nSPS) is 15.0. The summed E-state index contributed by atoms with van der Waals surface area (Å²) in [5, 5.41) is 0.623. The Kier molecular flexibility index (Phi) is 4.46. The predicted octanol–water partition coefficient (Wildman–Crippen LogP) is 0.740. The molecule has 7 nitrogen and oxygen atoms in total. The Labute approximate surface area is 120 Å². The van der Waals surface area contributed by atoms with E-state index < -0.39 is 11.9 Å². The van der Waals surface area contributed by atoms with Crippen molar-refractivity contribution in [3.8, 4) is 0 Å². The third-order valence-electron chi connectivity index (χ3n) is 2.99. The predicted molar refractivity (Wildman–Crippen MR) is 74.4 cm³/mol. The molecule has 8 heteroatoms. The van der Waals surface area contributed by atoms with E-state index in [4.69, 9.17) is 15.2 Å². The van der Waals surface area contributed by atoms with Crippen molar-refractivity contribution in [3.63, 3.8) is 0 Å². The fraction of sp³-hybridized carbons (Fsp3) is 0.500. The number of ether oxygens (including phenoxy) is 3. The Bertz CT molecular complexity index is 522. The zero-order valence-electron chi connectivity index (χ0n) is 11.3. The fourth-order valence-corrected chi connectivity index (χ4v) is 3.14. The second-order valence-corrected chi connectivity index (χ2v) is 5.11. The van der Waals surface area contributed by atoms with Gasteiger partial charge >= 0.3 is 11.9 Å². The van der Waals surface area contributed by atoms with Crippen LogP contribution in [0.15, 0.2) is 0 Å². The number of methoxy groups -OCH3 is 2. The lowest BCUT2D eigenvalue weighted by Gasteiger charge is -2.28. The molecule has 1 aromatic rings. The molecule has 110 valence electrons. The molecule has 0 aromatic carbocycles. The number of hydrogen-bond acceptors (Lipinski definition) is 8. The van der Waals surface area contributed by atoms with E-state index in [0.717, 1.165) is 11.3 Å². The van der Waals surface area contributed by atoms with Gasteiger partial charge < -0.3 is 24.8 Å². The Hall–Kier alpha value is -1.80. The zero-order valence-corrected chi connectivity index (χ0v) is 12.1. The van der Waals surface area contributed by atoms with E-state index in [1.165, 1.54) is 14.2 Å². The third-order valence-corrected chi connectivity index (χ3v) is 4.23. The number of nitrogens with two attached hydrogens (primary N) is 1. The van der Waals surface area contributed by atoms with Crippen molar-refractivity contribution in [2.24, 2.45) is 0 Å². The molecule has 1 saturated heterocycles. The van der Waals surface area contributed by atoms with Crippen LogP contribution >= 0.6 is 11.3 Å². The topological polar surface area (TPSA) is 91.1 Å². The van der Waals surface area contributed by atoms with Crippen LogP contribution in [0.2, 0.25) is 0 Å². The summed E-state index contributed by atoms with van der Waals surface area (Å²) in [6.07, 6.45) is 0. The number of anilines is 2. The van der Waals surface area contributed by atoms with Crippen LogP contribution < -0.4 is 10.6 Å². The smallest absolute Gasteiger partial charge is 0.350 e. The van der Waals surface area contributed by atoms with Gasteiger partial charge in [-0.05, 0) is 0 Å². The summed E-state index contributed by atoms with van der Waals surface area (Å²) in [5.74, 6) is -1.12. The summed E-state index contributed by atoms with van der Waals surface area (Å²) in [6.45, 7) is 2.38. The number of esters is 2. The average Bonchev–Trinajstić information content (AvgIpc) is 2.84. The molecule has 0 unspecified atom stereocenters. The van der Waals surface area contributed by atoms with Gasteiger partial charge in [-0.25, -0.2) is 9.59 Å². The first kappa shape index (κ1) is 14.6. The molecule has 0 saturated carbocycles. The Morgan fingerprint density at radius 3 is 2.35 bits per heavy atom. The van der Waals surface area contributed by atoms with Gasteiger partial charge in [0.15, 0.2) is 0 Å². The van der Waals surface area contributed by atoms with Gasteiger partial charge in [0, 0.05) is 13.1 Å². The number of morpholine rings is 1. The van der Waals surface area contributed by atoms with Gasteiger partial charge in [0.2, 0.25) is 0 Å². The zero-order chi connectivity index (χ0) is 14.7. The first-order valence-electron chi connectivity index (χ1n) is 6.01. The second kappa shape index (κ2) is 6.10. The molecule has 0 bridgehead atoms. The summed E-state index contributed by atoms with van der Waals surface area (Å²) in [6, 6.07) is 0. The first-order chi connectivity index (χ1) is 9.60. The Balaban J connectivity index is 2.47. The van der Waals surface area contributed by atoms with Crippen LogP contribution in [0.4, 0.5) is 10.7 Å². The maximum absolute atomic E-state index is 11.9. The van der Waals surface area contributed by atoms with Gasteiger partial charge in [-0.2, -0.15) is 0 Å². The van der Waals surface area contributed by atoms with Gasteiger partial charge in [-0.3, -0.25) is 0 Å². The highest BCUT2D eigenvalue weighted by molar-refractivity contribution is 7.19. The number of rotatable bonds is 3. The molecule has 20 heavy (non-hydrogen) atoms. The molecule has 2 rings (SSSR count). The van der Waals surface area contributed by atoms with Crippen molar-refractivity contribution < 1.29 is 23.8 Å². The highest BCUT2D eigenvalue weighted by atomic mass is 32.1. The largest absolute Gasteiger partial charge is 0.465 e. The van der Waals surface area contributed by atoms with Crippen LogP contribution in [0.3, 0.4) is 0 Å². The van der Waals surface area contributed by atoms with E-state index in [1.54, 1.807) is 0 Å². The summed E-state index contributed by atoms with van der Waals surface area (Å²) in [5.41, 5.74) is 6.24. The van der Waals surface area contributed by atoms with E-state index in [9.17, 15) is 9.59 Å². The number of nitrogens with zero attached hydrogens (tertiary/aromatic N) is 1. The summed E-state index contributed by atoms with van der Waals surface area (Å²) < 4.78 is 14.7. The lowest BCUT2D eigenvalue weighted by molar-refractivity contribution is 0.0601. The van der Waals surface area contributed by atoms with Crippen LogP contribution in [-0.2, 0) is 14.2 Å².